The second-order valence-electron chi connectivity index (χ2n) is 13.0. The molecule has 0 spiro atoms. The van der Waals surface area contributed by atoms with E-state index in [1.54, 1.807) is 7.11 Å². The van der Waals surface area contributed by atoms with Crippen molar-refractivity contribution < 1.29 is 23.8 Å². The van der Waals surface area contributed by atoms with Gasteiger partial charge in [-0.15, -0.1) is 0 Å². The molecule has 39 heavy (non-hydrogen) atoms. The average Bonchev–Trinajstić information content (AvgIpc) is 3.36. The maximum Gasteiger partial charge on any atom is 0.408 e. The Morgan fingerprint density at radius 1 is 1.21 bits per heavy atom. The van der Waals surface area contributed by atoms with E-state index in [0.717, 1.165) is 25.9 Å². The number of hydrogen-bond donors (Lipinski definition) is 1. The van der Waals surface area contributed by atoms with E-state index in [1.807, 2.05) is 34.6 Å². The number of nitrogens with zero attached hydrogens (tertiary/aromatic N) is 1. The Morgan fingerprint density at radius 3 is 2.51 bits per heavy atom. The molecule has 7 heteroatoms. The summed E-state index contributed by atoms with van der Waals surface area (Å²) in [5.74, 6) is 0.537. The largest absolute Gasteiger partial charge is 0.460 e. The van der Waals surface area contributed by atoms with Gasteiger partial charge in [-0.05, 0) is 93.9 Å². The van der Waals surface area contributed by atoms with Crippen molar-refractivity contribution in [2.75, 3.05) is 13.7 Å². The first kappa shape index (κ1) is 31.0. The van der Waals surface area contributed by atoms with Crippen LogP contribution < -0.4 is 5.32 Å². The molecule has 218 valence electrons. The molecule has 0 bridgehead atoms. The number of carbonyl (C=O) groups is 2. The van der Waals surface area contributed by atoms with Crippen molar-refractivity contribution in [2.45, 2.75) is 98.3 Å². The standard InChI is InChI=1S/C32H50N2O5/c1-20(2)24(15-22-12-13-28-26(16-22)23(19-34(28)8)11-10-14-37-9)17-27(33-31(36)39-32(5,6)7)29-18-25(21(3)4)30(35)38-29/h12-13,16,19-21,24-25,27,29H,10-11,14-15,17-18H2,1-9H3,(H,33,36)/t24-,25-,27-,29-/m0/s1. The molecule has 2 aromatic rings. The summed E-state index contributed by atoms with van der Waals surface area (Å²) in [7, 11) is 3.84. The number of methoxy groups -OCH3 is 1. The zero-order valence-corrected chi connectivity index (χ0v) is 25.5. The smallest absolute Gasteiger partial charge is 0.408 e. The summed E-state index contributed by atoms with van der Waals surface area (Å²) in [6.07, 6.45) is 5.56. The SMILES string of the molecule is COCCCc1cn(C)c2ccc(C[C@@H](C[C@H](NC(=O)OC(C)(C)C)[C@@H]3C[C@@H](C(C)C)C(=O)O3)C(C)C)cc12. The molecule has 1 N–H and O–H groups in total. The van der Waals surface area contributed by atoms with Gasteiger partial charge in [0.25, 0.3) is 0 Å². The van der Waals surface area contributed by atoms with Gasteiger partial charge in [0, 0.05) is 37.9 Å². The van der Waals surface area contributed by atoms with Crippen LogP contribution in [0.1, 0.15) is 78.9 Å². The van der Waals surface area contributed by atoms with Crippen LogP contribution in [0.3, 0.4) is 0 Å². The number of aryl methyl sites for hydroxylation is 2. The van der Waals surface area contributed by atoms with E-state index in [1.165, 1.54) is 22.0 Å². The number of ether oxygens (including phenoxy) is 3. The Hall–Kier alpha value is -2.54. The lowest BCUT2D eigenvalue weighted by Gasteiger charge is -2.31. The van der Waals surface area contributed by atoms with Gasteiger partial charge < -0.3 is 24.1 Å². The van der Waals surface area contributed by atoms with Crippen molar-refractivity contribution in [3.63, 3.8) is 0 Å². The summed E-state index contributed by atoms with van der Waals surface area (Å²) in [5, 5.41) is 4.38. The van der Waals surface area contributed by atoms with E-state index in [9.17, 15) is 9.59 Å². The van der Waals surface area contributed by atoms with Crippen molar-refractivity contribution in [1.82, 2.24) is 9.88 Å². The minimum absolute atomic E-state index is 0.146. The fraction of sp³-hybridized carbons (Fsp3) is 0.688. The highest BCUT2D eigenvalue weighted by molar-refractivity contribution is 5.84. The highest BCUT2D eigenvalue weighted by Crippen LogP contribution is 2.34. The number of hydrogen-bond acceptors (Lipinski definition) is 5. The molecule has 0 unspecified atom stereocenters. The third kappa shape index (κ3) is 8.47. The first-order valence-corrected chi connectivity index (χ1v) is 14.5. The summed E-state index contributed by atoms with van der Waals surface area (Å²) in [6.45, 7) is 14.9. The van der Waals surface area contributed by atoms with Gasteiger partial charge in [-0.3, -0.25) is 4.79 Å². The van der Waals surface area contributed by atoms with Gasteiger partial charge in [0.2, 0.25) is 0 Å². The van der Waals surface area contributed by atoms with E-state index >= 15 is 0 Å². The van der Waals surface area contributed by atoms with Gasteiger partial charge in [0.1, 0.15) is 11.7 Å². The minimum atomic E-state index is -0.606. The van der Waals surface area contributed by atoms with Gasteiger partial charge in [-0.2, -0.15) is 0 Å². The Balaban J connectivity index is 1.83. The van der Waals surface area contributed by atoms with Gasteiger partial charge in [0.05, 0.1) is 12.0 Å². The van der Waals surface area contributed by atoms with Crippen molar-refractivity contribution in [3.8, 4) is 0 Å². The molecule has 1 aromatic heterocycles. The summed E-state index contributed by atoms with van der Waals surface area (Å²) in [6, 6.07) is 6.44. The quantitative estimate of drug-likeness (QED) is 0.247. The lowest BCUT2D eigenvalue weighted by molar-refractivity contribution is -0.146. The monoisotopic (exact) mass is 542 g/mol. The predicted octanol–water partition coefficient (Wildman–Crippen LogP) is 6.44. The fourth-order valence-electron chi connectivity index (χ4n) is 5.66. The number of alkyl carbamates (subject to hydrolysis) is 1. The molecule has 2 heterocycles. The van der Waals surface area contributed by atoms with Crippen LogP contribution in [-0.2, 0) is 38.9 Å². The highest BCUT2D eigenvalue weighted by atomic mass is 16.6. The zero-order valence-electron chi connectivity index (χ0n) is 25.5. The van der Waals surface area contributed by atoms with Crippen LogP contribution in [0.25, 0.3) is 10.9 Å². The maximum absolute atomic E-state index is 12.8. The summed E-state index contributed by atoms with van der Waals surface area (Å²) < 4.78 is 18.9. The number of rotatable bonds is 12. The molecule has 4 atom stereocenters. The number of cyclic esters (lactones) is 1. The number of benzene rings is 1. The fourth-order valence-corrected chi connectivity index (χ4v) is 5.66. The van der Waals surface area contributed by atoms with Crippen LogP contribution in [0, 0.1) is 23.7 Å². The van der Waals surface area contributed by atoms with Gasteiger partial charge >= 0.3 is 12.1 Å². The molecule has 7 nitrogen and oxygen atoms in total. The number of aromatic nitrogens is 1. The number of carbonyl (C=O) groups excluding carboxylic acids is 2. The van der Waals surface area contributed by atoms with Crippen LogP contribution >= 0.6 is 0 Å². The topological polar surface area (TPSA) is 78.8 Å². The summed E-state index contributed by atoms with van der Waals surface area (Å²) >= 11 is 0. The molecular formula is C32H50N2O5. The molecule has 1 aliphatic rings. The summed E-state index contributed by atoms with van der Waals surface area (Å²) in [5.41, 5.74) is 3.24. The second-order valence-corrected chi connectivity index (χ2v) is 13.0. The number of nitrogens with one attached hydrogen (secondary N) is 1. The lowest BCUT2D eigenvalue weighted by Crippen LogP contribution is -2.47. The molecule has 1 aliphatic heterocycles. The zero-order chi connectivity index (χ0) is 28.9. The van der Waals surface area contributed by atoms with Crippen LogP contribution in [0.2, 0.25) is 0 Å². The third-order valence-electron chi connectivity index (χ3n) is 7.94. The third-order valence-corrected chi connectivity index (χ3v) is 7.94. The van der Waals surface area contributed by atoms with Crippen molar-refractivity contribution in [2.24, 2.45) is 30.7 Å². The lowest BCUT2D eigenvalue weighted by atomic mass is 9.81. The van der Waals surface area contributed by atoms with Crippen LogP contribution in [0.4, 0.5) is 4.79 Å². The number of fused-ring (bicyclic) bond motifs is 1. The van der Waals surface area contributed by atoms with E-state index in [2.05, 4.69) is 55.2 Å². The van der Waals surface area contributed by atoms with E-state index in [0.29, 0.717) is 18.8 Å². The molecule has 0 radical (unpaired) electrons. The first-order valence-electron chi connectivity index (χ1n) is 14.5. The van der Waals surface area contributed by atoms with Crippen LogP contribution in [0.5, 0.6) is 0 Å². The molecule has 0 aliphatic carbocycles. The van der Waals surface area contributed by atoms with Gasteiger partial charge in [-0.25, -0.2) is 4.79 Å². The predicted molar refractivity (Wildman–Crippen MR) is 156 cm³/mol. The molecular weight excluding hydrogens is 492 g/mol. The second kappa shape index (κ2) is 13.2. The first-order chi connectivity index (χ1) is 18.3. The Kier molecular flexibility index (Phi) is 10.5. The molecule has 1 fully saturated rings. The van der Waals surface area contributed by atoms with Crippen molar-refractivity contribution in [3.05, 3.63) is 35.5 Å². The van der Waals surface area contributed by atoms with Gasteiger partial charge in [0.15, 0.2) is 0 Å². The minimum Gasteiger partial charge on any atom is -0.460 e. The van der Waals surface area contributed by atoms with Gasteiger partial charge in [-0.1, -0.05) is 33.8 Å². The van der Waals surface area contributed by atoms with E-state index in [4.69, 9.17) is 14.2 Å². The normalized spacial score (nSPS) is 19.5. The van der Waals surface area contributed by atoms with Crippen molar-refractivity contribution >= 4 is 23.0 Å². The summed E-state index contributed by atoms with van der Waals surface area (Å²) in [4.78, 5) is 25.5. The molecule has 1 saturated heterocycles. The molecule has 3 rings (SSSR count). The van der Waals surface area contributed by atoms with Crippen LogP contribution in [0.15, 0.2) is 24.4 Å². The highest BCUT2D eigenvalue weighted by Gasteiger charge is 2.42. The molecule has 1 amide bonds. The van der Waals surface area contributed by atoms with Crippen LogP contribution in [-0.4, -0.2) is 48.1 Å². The average molecular weight is 543 g/mol. The number of esters is 1. The van der Waals surface area contributed by atoms with E-state index < -0.39 is 11.7 Å². The Morgan fingerprint density at radius 2 is 1.92 bits per heavy atom. The Labute approximate surface area is 234 Å². The molecule has 0 saturated carbocycles. The van der Waals surface area contributed by atoms with Crippen molar-refractivity contribution in [1.29, 1.82) is 0 Å². The number of amides is 1. The maximum atomic E-state index is 12.8. The van der Waals surface area contributed by atoms with E-state index in [-0.39, 0.29) is 35.9 Å². The molecule has 1 aromatic carbocycles. The Bertz CT molecular complexity index is 1110.